The molecular formula is C20H24N6O2. The van der Waals surface area contributed by atoms with Crippen LogP contribution in [0.2, 0.25) is 0 Å². The van der Waals surface area contributed by atoms with Crippen LogP contribution in [0.15, 0.2) is 55.2 Å². The highest BCUT2D eigenvalue weighted by molar-refractivity contribution is 5.94. The van der Waals surface area contributed by atoms with Gasteiger partial charge in [0.2, 0.25) is 0 Å². The van der Waals surface area contributed by atoms with Crippen molar-refractivity contribution in [2.24, 2.45) is 13.0 Å². The molecule has 2 heterocycles. The minimum absolute atomic E-state index is 0.170. The zero-order valence-electron chi connectivity index (χ0n) is 15.7. The van der Waals surface area contributed by atoms with Crippen molar-refractivity contribution in [3.05, 3.63) is 60.8 Å². The second-order valence-corrected chi connectivity index (χ2v) is 7.32. The lowest BCUT2D eigenvalue weighted by Crippen LogP contribution is -2.39. The van der Waals surface area contributed by atoms with E-state index in [0.717, 1.165) is 24.5 Å². The fourth-order valence-corrected chi connectivity index (χ4v) is 3.70. The molecule has 1 fully saturated rings. The van der Waals surface area contributed by atoms with Crippen LogP contribution < -0.4 is 10.6 Å². The van der Waals surface area contributed by atoms with Gasteiger partial charge in [-0.05, 0) is 43.0 Å². The van der Waals surface area contributed by atoms with Gasteiger partial charge in [-0.2, -0.15) is 5.10 Å². The molecule has 8 heteroatoms. The van der Waals surface area contributed by atoms with E-state index in [9.17, 15) is 9.90 Å². The van der Waals surface area contributed by atoms with Crippen LogP contribution in [-0.4, -0.2) is 42.5 Å². The third-order valence-electron chi connectivity index (χ3n) is 5.10. The number of amides is 1. The Morgan fingerprint density at radius 3 is 2.71 bits per heavy atom. The van der Waals surface area contributed by atoms with Gasteiger partial charge in [-0.1, -0.05) is 0 Å². The van der Waals surface area contributed by atoms with Crippen LogP contribution in [0.3, 0.4) is 0 Å². The lowest BCUT2D eigenvalue weighted by Gasteiger charge is -2.16. The molecule has 0 radical (unpaired) electrons. The van der Waals surface area contributed by atoms with Gasteiger partial charge in [0.1, 0.15) is 0 Å². The fourth-order valence-electron chi connectivity index (χ4n) is 3.70. The van der Waals surface area contributed by atoms with E-state index in [1.54, 1.807) is 29.3 Å². The van der Waals surface area contributed by atoms with Crippen molar-refractivity contribution in [2.45, 2.75) is 31.5 Å². The molecule has 28 heavy (non-hydrogen) atoms. The maximum absolute atomic E-state index is 12.6. The molecule has 4 rings (SSSR count). The number of aromatic nitrogens is 4. The summed E-state index contributed by atoms with van der Waals surface area (Å²) in [6.45, 7) is 0.803. The van der Waals surface area contributed by atoms with E-state index in [4.69, 9.17) is 0 Å². The molecule has 1 saturated carbocycles. The molecule has 2 aromatic heterocycles. The molecular weight excluding hydrogens is 356 g/mol. The molecule has 146 valence electrons. The highest BCUT2D eigenvalue weighted by atomic mass is 16.3. The first-order valence-corrected chi connectivity index (χ1v) is 9.38. The number of carbonyl (C=O) groups excluding carboxylic acids is 1. The number of aliphatic hydroxyl groups is 1. The summed E-state index contributed by atoms with van der Waals surface area (Å²) >= 11 is 0. The number of aryl methyl sites for hydroxylation is 1. The molecule has 1 aromatic carbocycles. The van der Waals surface area contributed by atoms with Crippen molar-refractivity contribution in [2.75, 3.05) is 5.32 Å². The van der Waals surface area contributed by atoms with Crippen LogP contribution in [0.25, 0.3) is 0 Å². The van der Waals surface area contributed by atoms with Crippen molar-refractivity contribution in [3.63, 3.8) is 0 Å². The quantitative estimate of drug-likeness (QED) is 0.607. The van der Waals surface area contributed by atoms with E-state index in [1.165, 1.54) is 0 Å². The first kappa shape index (κ1) is 18.2. The van der Waals surface area contributed by atoms with Gasteiger partial charge in [0.25, 0.3) is 5.91 Å². The molecule has 8 nitrogen and oxygen atoms in total. The lowest BCUT2D eigenvalue weighted by molar-refractivity contribution is 0.0873. The monoisotopic (exact) mass is 380 g/mol. The number of nitrogens with one attached hydrogen (secondary N) is 2. The van der Waals surface area contributed by atoms with Crippen molar-refractivity contribution >= 4 is 17.4 Å². The number of hydrogen-bond acceptors (Lipinski definition) is 5. The normalized spacial score (nSPS) is 21.6. The summed E-state index contributed by atoms with van der Waals surface area (Å²) in [5.74, 6) is 0.897. The van der Waals surface area contributed by atoms with Crippen LogP contribution in [0, 0.1) is 5.92 Å². The molecule has 1 aliphatic carbocycles. The summed E-state index contributed by atoms with van der Waals surface area (Å²) in [5, 5.41) is 20.8. The van der Waals surface area contributed by atoms with Gasteiger partial charge >= 0.3 is 0 Å². The van der Waals surface area contributed by atoms with E-state index >= 15 is 0 Å². The Hall–Kier alpha value is -3.13. The summed E-state index contributed by atoms with van der Waals surface area (Å²) in [4.78, 5) is 16.6. The summed E-state index contributed by atoms with van der Waals surface area (Å²) in [5.41, 5.74) is 1.42. The first-order valence-electron chi connectivity index (χ1n) is 9.38. The Morgan fingerprint density at radius 2 is 2.04 bits per heavy atom. The minimum atomic E-state index is -0.525. The maximum Gasteiger partial charge on any atom is 0.251 e. The Balaban J connectivity index is 1.33. The molecule has 1 amide bonds. The number of anilines is 2. The van der Waals surface area contributed by atoms with Gasteiger partial charge in [-0.25, -0.2) is 4.98 Å². The number of nitrogens with zero attached hydrogens (tertiary/aromatic N) is 4. The fraction of sp³-hybridized carbons (Fsp3) is 0.350. The summed E-state index contributed by atoms with van der Waals surface area (Å²) < 4.78 is 3.73. The van der Waals surface area contributed by atoms with Crippen molar-refractivity contribution in [1.29, 1.82) is 0 Å². The smallest absolute Gasteiger partial charge is 0.251 e. The largest absolute Gasteiger partial charge is 0.391 e. The minimum Gasteiger partial charge on any atom is -0.391 e. The molecule has 3 atom stereocenters. The molecule has 1 aliphatic rings. The van der Waals surface area contributed by atoms with Gasteiger partial charge in [0, 0.05) is 49.5 Å². The summed E-state index contributed by atoms with van der Waals surface area (Å²) in [6.07, 6.45) is 8.20. The van der Waals surface area contributed by atoms with Crippen LogP contribution in [0.5, 0.6) is 0 Å². The SMILES string of the molecule is Cn1ccc(Nc2ccc(C(=O)N[C@@H]3CC(Cn4ccnc4)C[C@H]3O)cc2)n1. The molecule has 1 unspecified atom stereocenters. The molecule has 0 aliphatic heterocycles. The van der Waals surface area contributed by atoms with Gasteiger partial charge in [0.15, 0.2) is 5.82 Å². The third kappa shape index (κ3) is 4.23. The van der Waals surface area contributed by atoms with Gasteiger partial charge in [0.05, 0.1) is 18.5 Å². The van der Waals surface area contributed by atoms with E-state index in [-0.39, 0.29) is 11.9 Å². The Morgan fingerprint density at radius 1 is 1.21 bits per heavy atom. The predicted molar refractivity (Wildman–Crippen MR) is 105 cm³/mol. The first-order chi connectivity index (χ1) is 13.6. The van der Waals surface area contributed by atoms with Crippen LogP contribution in [0.1, 0.15) is 23.2 Å². The van der Waals surface area contributed by atoms with E-state index in [2.05, 4.69) is 20.7 Å². The highest BCUT2D eigenvalue weighted by Gasteiger charge is 2.34. The Bertz CT molecular complexity index is 919. The topological polar surface area (TPSA) is 97.0 Å². The molecule has 0 bridgehead atoms. The second-order valence-electron chi connectivity index (χ2n) is 7.32. The highest BCUT2D eigenvalue weighted by Crippen LogP contribution is 2.28. The molecule has 0 spiro atoms. The number of imidazole rings is 1. The maximum atomic E-state index is 12.6. The van der Waals surface area contributed by atoms with E-state index in [1.807, 2.05) is 42.2 Å². The lowest BCUT2D eigenvalue weighted by atomic mass is 10.1. The number of carbonyl (C=O) groups is 1. The summed E-state index contributed by atoms with van der Waals surface area (Å²) in [7, 11) is 1.86. The molecule has 0 saturated heterocycles. The molecule has 3 aromatic rings. The second kappa shape index (κ2) is 7.85. The average Bonchev–Trinajstić information content (AvgIpc) is 3.40. The van der Waals surface area contributed by atoms with Crippen molar-refractivity contribution in [3.8, 4) is 0 Å². The van der Waals surface area contributed by atoms with E-state index in [0.29, 0.717) is 17.9 Å². The van der Waals surface area contributed by atoms with Crippen LogP contribution in [0.4, 0.5) is 11.5 Å². The average molecular weight is 380 g/mol. The van der Waals surface area contributed by atoms with Crippen LogP contribution in [-0.2, 0) is 13.6 Å². The number of rotatable bonds is 6. The zero-order valence-corrected chi connectivity index (χ0v) is 15.7. The number of hydrogen-bond donors (Lipinski definition) is 3. The Kier molecular flexibility index (Phi) is 5.12. The van der Waals surface area contributed by atoms with Crippen molar-refractivity contribution in [1.82, 2.24) is 24.6 Å². The molecule has 3 N–H and O–H groups in total. The van der Waals surface area contributed by atoms with Gasteiger partial charge in [-0.15, -0.1) is 0 Å². The van der Waals surface area contributed by atoms with Gasteiger partial charge in [-0.3, -0.25) is 9.48 Å². The van der Waals surface area contributed by atoms with Crippen LogP contribution >= 0.6 is 0 Å². The standard InChI is InChI=1S/C20H24N6O2/c1-25-8-6-19(24-25)22-16-4-2-15(3-5-16)20(28)23-17-10-14(11-18(17)27)12-26-9-7-21-13-26/h2-9,13-14,17-18,27H,10-12H2,1H3,(H,22,24)(H,23,28)/t14?,17-,18-/m1/s1. The third-order valence-corrected chi connectivity index (χ3v) is 5.10. The Labute approximate surface area is 163 Å². The van der Waals surface area contributed by atoms with E-state index < -0.39 is 6.10 Å². The number of aliphatic hydroxyl groups excluding tert-OH is 1. The predicted octanol–water partition coefficient (Wildman–Crippen LogP) is 1.93. The zero-order chi connectivity index (χ0) is 19.5. The number of benzene rings is 1. The van der Waals surface area contributed by atoms with Gasteiger partial charge < -0.3 is 20.3 Å². The van der Waals surface area contributed by atoms with Crippen molar-refractivity contribution < 1.29 is 9.90 Å². The summed E-state index contributed by atoms with van der Waals surface area (Å²) in [6, 6.07) is 8.87.